The van der Waals surface area contributed by atoms with Gasteiger partial charge in [0.25, 0.3) is 0 Å². The molecular formula is C12H25P. The van der Waals surface area contributed by atoms with Crippen LogP contribution in [0.25, 0.3) is 0 Å². The lowest BCUT2D eigenvalue weighted by molar-refractivity contribution is 0.310. The summed E-state index contributed by atoms with van der Waals surface area (Å²) in [4.78, 5) is 0. The molecule has 0 atom stereocenters. The molecule has 0 amide bonds. The van der Waals surface area contributed by atoms with Gasteiger partial charge in [-0.15, -0.1) is 7.92 Å². The molecule has 1 fully saturated rings. The first kappa shape index (κ1) is 11.5. The average molecular weight is 200 g/mol. The highest BCUT2D eigenvalue weighted by Crippen LogP contribution is 2.41. The molecule has 0 N–H and O–H groups in total. The summed E-state index contributed by atoms with van der Waals surface area (Å²) in [5, 5.41) is 0. The van der Waals surface area contributed by atoms with Crippen molar-refractivity contribution in [3.8, 4) is 0 Å². The van der Waals surface area contributed by atoms with Crippen LogP contribution in [0.5, 0.6) is 0 Å². The van der Waals surface area contributed by atoms with E-state index in [1.807, 2.05) is 0 Å². The first-order valence-electron chi connectivity index (χ1n) is 5.98. The molecule has 78 valence electrons. The Kier molecular flexibility index (Phi) is 5.32. The molecule has 0 aliphatic heterocycles. The maximum atomic E-state index is 2.42. The molecule has 0 nitrogen and oxygen atoms in total. The second-order valence-electron chi connectivity index (χ2n) is 4.61. The summed E-state index contributed by atoms with van der Waals surface area (Å²) in [5.41, 5.74) is 0. The van der Waals surface area contributed by atoms with Crippen molar-refractivity contribution in [2.24, 2.45) is 11.8 Å². The van der Waals surface area contributed by atoms with Gasteiger partial charge in [-0.2, -0.15) is 0 Å². The summed E-state index contributed by atoms with van der Waals surface area (Å²) in [7, 11) is 0.407. The second kappa shape index (κ2) is 6.02. The van der Waals surface area contributed by atoms with Crippen molar-refractivity contribution < 1.29 is 0 Å². The average Bonchev–Trinajstić information content (AvgIpc) is 2.17. The molecule has 0 aromatic carbocycles. The molecule has 1 heteroatoms. The van der Waals surface area contributed by atoms with Gasteiger partial charge < -0.3 is 0 Å². The number of rotatable bonds is 4. The van der Waals surface area contributed by atoms with Gasteiger partial charge in [0.2, 0.25) is 0 Å². The minimum atomic E-state index is 0.407. The molecule has 13 heavy (non-hydrogen) atoms. The minimum absolute atomic E-state index is 0.407. The SMILES string of the molecule is CCP(CC)CC1CCC(C)CC1. The van der Waals surface area contributed by atoms with E-state index in [1.165, 1.54) is 38.0 Å². The summed E-state index contributed by atoms with van der Waals surface area (Å²) in [6.45, 7) is 7.17. The zero-order valence-corrected chi connectivity index (χ0v) is 10.4. The van der Waals surface area contributed by atoms with Crippen LogP contribution in [0.1, 0.15) is 46.5 Å². The maximum absolute atomic E-state index is 2.42. The topological polar surface area (TPSA) is 0 Å². The molecule has 0 aromatic rings. The van der Waals surface area contributed by atoms with E-state index in [2.05, 4.69) is 20.8 Å². The van der Waals surface area contributed by atoms with E-state index in [-0.39, 0.29) is 0 Å². The molecule has 0 heterocycles. The van der Waals surface area contributed by atoms with Gasteiger partial charge in [0.15, 0.2) is 0 Å². The van der Waals surface area contributed by atoms with Gasteiger partial charge in [-0.1, -0.05) is 33.6 Å². The van der Waals surface area contributed by atoms with E-state index in [0.29, 0.717) is 7.92 Å². The van der Waals surface area contributed by atoms with Crippen LogP contribution in [0.3, 0.4) is 0 Å². The molecule has 1 rings (SSSR count). The van der Waals surface area contributed by atoms with Gasteiger partial charge in [-0.05, 0) is 43.2 Å². The third-order valence-electron chi connectivity index (χ3n) is 3.55. The first-order valence-corrected chi connectivity index (χ1v) is 7.88. The van der Waals surface area contributed by atoms with Crippen molar-refractivity contribution in [3.63, 3.8) is 0 Å². The summed E-state index contributed by atoms with van der Waals surface area (Å²) in [6, 6.07) is 0. The predicted octanol–water partition coefficient (Wildman–Crippen LogP) is 4.33. The number of hydrogen-bond acceptors (Lipinski definition) is 0. The van der Waals surface area contributed by atoms with Gasteiger partial charge in [-0.25, -0.2) is 0 Å². The van der Waals surface area contributed by atoms with Crippen molar-refractivity contribution in [2.75, 3.05) is 18.5 Å². The van der Waals surface area contributed by atoms with Gasteiger partial charge in [-0.3, -0.25) is 0 Å². The van der Waals surface area contributed by atoms with Crippen molar-refractivity contribution in [2.45, 2.75) is 46.5 Å². The number of hydrogen-bond donors (Lipinski definition) is 0. The lowest BCUT2D eigenvalue weighted by Crippen LogP contribution is -2.15. The summed E-state index contributed by atoms with van der Waals surface area (Å²) >= 11 is 0. The van der Waals surface area contributed by atoms with E-state index in [4.69, 9.17) is 0 Å². The third-order valence-corrected chi connectivity index (χ3v) is 6.37. The fourth-order valence-corrected chi connectivity index (χ4v) is 4.42. The lowest BCUT2D eigenvalue weighted by atomic mass is 9.84. The van der Waals surface area contributed by atoms with Crippen molar-refractivity contribution in [1.29, 1.82) is 0 Å². The molecule has 1 aliphatic carbocycles. The predicted molar refractivity (Wildman–Crippen MR) is 64.0 cm³/mol. The van der Waals surface area contributed by atoms with Gasteiger partial charge >= 0.3 is 0 Å². The van der Waals surface area contributed by atoms with Gasteiger partial charge in [0, 0.05) is 0 Å². The van der Waals surface area contributed by atoms with Crippen molar-refractivity contribution in [3.05, 3.63) is 0 Å². The Balaban J connectivity index is 2.21. The summed E-state index contributed by atoms with van der Waals surface area (Å²) in [6.07, 6.45) is 10.5. The smallest absolute Gasteiger partial charge is 0.0298 e. The molecule has 0 saturated heterocycles. The van der Waals surface area contributed by atoms with E-state index >= 15 is 0 Å². The quantitative estimate of drug-likeness (QED) is 0.592. The van der Waals surface area contributed by atoms with Crippen LogP contribution < -0.4 is 0 Å². The normalized spacial score (nSPS) is 29.5. The van der Waals surface area contributed by atoms with Crippen molar-refractivity contribution in [1.82, 2.24) is 0 Å². The Bertz CT molecular complexity index is 121. The highest BCUT2D eigenvalue weighted by atomic mass is 31.1. The molecule has 1 aliphatic rings. The van der Waals surface area contributed by atoms with Crippen LogP contribution in [-0.4, -0.2) is 18.5 Å². The third kappa shape index (κ3) is 3.98. The highest BCUT2D eigenvalue weighted by Gasteiger charge is 2.19. The van der Waals surface area contributed by atoms with Crippen LogP contribution in [0.2, 0.25) is 0 Å². The molecule has 0 unspecified atom stereocenters. The van der Waals surface area contributed by atoms with E-state index in [9.17, 15) is 0 Å². The molecule has 0 spiro atoms. The van der Waals surface area contributed by atoms with Crippen LogP contribution >= 0.6 is 7.92 Å². The highest BCUT2D eigenvalue weighted by molar-refractivity contribution is 7.57. The minimum Gasteiger partial charge on any atom is -0.107 e. The molecule has 1 saturated carbocycles. The first-order chi connectivity index (χ1) is 6.26. The largest absolute Gasteiger partial charge is 0.107 e. The Morgan fingerprint density at radius 3 is 2.00 bits per heavy atom. The van der Waals surface area contributed by atoms with E-state index in [1.54, 1.807) is 6.16 Å². The van der Waals surface area contributed by atoms with E-state index < -0.39 is 0 Å². The zero-order valence-electron chi connectivity index (χ0n) is 9.55. The Hall–Kier alpha value is 0.430. The molecule has 0 radical (unpaired) electrons. The second-order valence-corrected chi connectivity index (χ2v) is 7.58. The Morgan fingerprint density at radius 1 is 1.00 bits per heavy atom. The fraction of sp³-hybridized carbons (Fsp3) is 1.00. The van der Waals surface area contributed by atoms with E-state index in [0.717, 1.165) is 11.8 Å². The summed E-state index contributed by atoms with van der Waals surface area (Å²) in [5.74, 6) is 2.12. The standard InChI is InChI=1S/C12H25P/c1-4-13(5-2)10-12-8-6-11(3)7-9-12/h11-12H,4-10H2,1-3H3. The Morgan fingerprint density at radius 2 is 1.54 bits per heavy atom. The Labute approximate surface area is 85.2 Å². The molecule has 0 bridgehead atoms. The monoisotopic (exact) mass is 200 g/mol. The van der Waals surface area contributed by atoms with Crippen LogP contribution in [-0.2, 0) is 0 Å². The molecule has 0 aromatic heterocycles. The fourth-order valence-electron chi connectivity index (χ4n) is 2.36. The van der Waals surface area contributed by atoms with Gasteiger partial charge in [0.1, 0.15) is 0 Å². The summed E-state index contributed by atoms with van der Waals surface area (Å²) < 4.78 is 0. The zero-order chi connectivity index (χ0) is 9.68. The van der Waals surface area contributed by atoms with Gasteiger partial charge in [0.05, 0.1) is 0 Å². The van der Waals surface area contributed by atoms with Crippen molar-refractivity contribution >= 4 is 7.92 Å². The maximum Gasteiger partial charge on any atom is -0.0298 e. The lowest BCUT2D eigenvalue weighted by Gasteiger charge is -2.28. The molecular weight excluding hydrogens is 175 g/mol. The van der Waals surface area contributed by atoms with Crippen LogP contribution in [0.4, 0.5) is 0 Å². The van der Waals surface area contributed by atoms with Crippen LogP contribution in [0, 0.1) is 11.8 Å². The van der Waals surface area contributed by atoms with Crippen LogP contribution in [0.15, 0.2) is 0 Å².